The zero-order valence-corrected chi connectivity index (χ0v) is 14.6. The monoisotopic (exact) mass is 360 g/mol. The molecule has 5 nitrogen and oxygen atoms in total. The number of nitrogens with zero attached hydrogens (tertiary/aromatic N) is 3. The van der Waals surface area contributed by atoms with Gasteiger partial charge < -0.3 is 4.98 Å². The minimum atomic E-state index is -0.232. The van der Waals surface area contributed by atoms with E-state index in [0.717, 1.165) is 11.0 Å². The summed E-state index contributed by atoms with van der Waals surface area (Å²) in [7, 11) is 0. The molecule has 0 aliphatic carbocycles. The van der Waals surface area contributed by atoms with Crippen LogP contribution in [-0.2, 0) is 0 Å². The number of aromatic amines is 1. The van der Waals surface area contributed by atoms with E-state index in [0.29, 0.717) is 33.0 Å². The van der Waals surface area contributed by atoms with Crippen molar-refractivity contribution in [2.75, 3.05) is 0 Å². The number of hydrogen-bond acceptors (Lipinski definition) is 3. The molecule has 0 spiro atoms. The molecule has 0 aliphatic rings. The van der Waals surface area contributed by atoms with Gasteiger partial charge in [0.25, 0.3) is 5.56 Å². The Morgan fingerprint density at radius 2 is 1.92 bits per heavy atom. The first kappa shape index (κ1) is 16.1. The first-order valence-electron chi connectivity index (χ1n) is 7.96. The van der Waals surface area contributed by atoms with Gasteiger partial charge in [0.2, 0.25) is 0 Å². The summed E-state index contributed by atoms with van der Waals surface area (Å²) in [6.07, 6.45) is 1.48. The Bertz CT molecular complexity index is 1290. The number of imidazole rings is 1. The summed E-state index contributed by atoms with van der Waals surface area (Å²) in [5.41, 5.74) is 3.70. The standard InChI is InChI=1S/C20H13ClN4O/c1-12-13(10-22)19-24-17-8-4-5-9-18(17)25(19)20(26)14(12)11-23-16-7-3-2-6-15(16)21/h2-9,11,24H,1H3. The lowest BCUT2D eigenvalue weighted by Crippen LogP contribution is -2.20. The van der Waals surface area contributed by atoms with Crippen molar-refractivity contribution in [3.05, 3.63) is 80.6 Å². The molecule has 0 bridgehead atoms. The van der Waals surface area contributed by atoms with E-state index >= 15 is 0 Å². The number of halogens is 1. The van der Waals surface area contributed by atoms with Crippen LogP contribution in [0.1, 0.15) is 16.7 Å². The Morgan fingerprint density at radius 3 is 2.69 bits per heavy atom. The second-order valence-electron chi connectivity index (χ2n) is 5.87. The van der Waals surface area contributed by atoms with Gasteiger partial charge in [-0.25, -0.2) is 0 Å². The summed E-state index contributed by atoms with van der Waals surface area (Å²) >= 11 is 6.13. The number of aromatic nitrogens is 2. The van der Waals surface area contributed by atoms with Crippen molar-refractivity contribution in [3.63, 3.8) is 0 Å². The fourth-order valence-electron chi connectivity index (χ4n) is 3.04. The van der Waals surface area contributed by atoms with Crippen LogP contribution in [0.25, 0.3) is 16.7 Å². The number of hydrogen-bond donors (Lipinski definition) is 1. The summed E-state index contributed by atoms with van der Waals surface area (Å²) < 4.78 is 1.52. The molecule has 2 aromatic heterocycles. The number of H-pyrrole nitrogens is 1. The maximum absolute atomic E-state index is 13.1. The van der Waals surface area contributed by atoms with Gasteiger partial charge in [0.15, 0.2) is 0 Å². The van der Waals surface area contributed by atoms with Gasteiger partial charge in [-0.05, 0) is 36.8 Å². The molecule has 0 unspecified atom stereocenters. The van der Waals surface area contributed by atoms with Crippen LogP contribution in [0.5, 0.6) is 0 Å². The summed E-state index contributed by atoms with van der Waals surface area (Å²) in [5.74, 6) is 0. The third-order valence-electron chi connectivity index (χ3n) is 4.37. The van der Waals surface area contributed by atoms with Crippen LogP contribution >= 0.6 is 11.6 Å². The number of aliphatic imine (C=N–C) groups is 1. The van der Waals surface area contributed by atoms with E-state index in [1.54, 1.807) is 19.1 Å². The molecule has 0 saturated carbocycles. The highest BCUT2D eigenvalue weighted by Crippen LogP contribution is 2.24. The van der Waals surface area contributed by atoms with E-state index in [1.807, 2.05) is 36.4 Å². The minimum Gasteiger partial charge on any atom is -0.338 e. The molecule has 0 atom stereocenters. The number of nitriles is 1. The van der Waals surface area contributed by atoms with Gasteiger partial charge in [-0.1, -0.05) is 35.9 Å². The third kappa shape index (κ3) is 2.40. The molecule has 0 saturated heterocycles. The van der Waals surface area contributed by atoms with Crippen molar-refractivity contribution in [1.82, 2.24) is 9.38 Å². The molecule has 4 rings (SSSR count). The predicted octanol–water partition coefficient (Wildman–Crippen LogP) is 4.36. The van der Waals surface area contributed by atoms with Crippen LogP contribution in [0.2, 0.25) is 5.02 Å². The van der Waals surface area contributed by atoms with Crippen LogP contribution in [0.15, 0.2) is 58.3 Å². The van der Waals surface area contributed by atoms with E-state index in [9.17, 15) is 10.1 Å². The highest BCUT2D eigenvalue weighted by atomic mass is 35.5. The lowest BCUT2D eigenvalue weighted by Gasteiger charge is -2.05. The Balaban J connectivity index is 2.04. The molecule has 2 aromatic carbocycles. The average molecular weight is 361 g/mol. The van der Waals surface area contributed by atoms with Gasteiger partial charge in [0, 0.05) is 6.21 Å². The Kier molecular flexibility index (Phi) is 3.83. The van der Waals surface area contributed by atoms with Gasteiger partial charge in [-0.15, -0.1) is 0 Å². The highest BCUT2D eigenvalue weighted by Gasteiger charge is 2.17. The van der Waals surface area contributed by atoms with Crippen LogP contribution in [-0.4, -0.2) is 15.6 Å². The van der Waals surface area contributed by atoms with E-state index in [2.05, 4.69) is 16.0 Å². The van der Waals surface area contributed by atoms with Crippen molar-refractivity contribution in [2.45, 2.75) is 6.92 Å². The van der Waals surface area contributed by atoms with Gasteiger partial charge in [0.1, 0.15) is 11.7 Å². The van der Waals surface area contributed by atoms with Crippen molar-refractivity contribution in [2.24, 2.45) is 4.99 Å². The smallest absolute Gasteiger partial charge is 0.265 e. The number of rotatable bonds is 2. The summed E-state index contributed by atoms with van der Waals surface area (Å²) in [4.78, 5) is 20.6. The Hall–Kier alpha value is -3.36. The third-order valence-corrected chi connectivity index (χ3v) is 4.69. The zero-order valence-electron chi connectivity index (χ0n) is 13.8. The molecular formula is C20H13ClN4O. The molecule has 0 amide bonds. The van der Waals surface area contributed by atoms with Crippen LogP contribution in [0, 0.1) is 18.3 Å². The number of fused-ring (bicyclic) bond motifs is 3. The van der Waals surface area contributed by atoms with E-state index < -0.39 is 0 Å². The zero-order chi connectivity index (χ0) is 18.3. The first-order chi connectivity index (χ1) is 12.6. The van der Waals surface area contributed by atoms with Crippen molar-refractivity contribution in [1.29, 1.82) is 5.26 Å². The maximum atomic E-state index is 13.1. The summed E-state index contributed by atoms with van der Waals surface area (Å²) in [6, 6.07) is 16.8. The Labute approximate surface area is 153 Å². The largest absolute Gasteiger partial charge is 0.338 e. The van der Waals surface area contributed by atoms with Crippen molar-refractivity contribution in [3.8, 4) is 6.07 Å². The average Bonchev–Trinajstić information content (AvgIpc) is 3.02. The topological polar surface area (TPSA) is 73.4 Å². The second-order valence-corrected chi connectivity index (χ2v) is 6.27. The normalized spacial score (nSPS) is 11.4. The molecule has 0 aliphatic heterocycles. The number of benzene rings is 2. The fourth-order valence-corrected chi connectivity index (χ4v) is 3.22. The predicted molar refractivity (Wildman–Crippen MR) is 104 cm³/mol. The number of pyridine rings is 1. The Morgan fingerprint density at radius 1 is 1.19 bits per heavy atom. The van der Waals surface area contributed by atoms with Gasteiger partial charge in [-0.3, -0.25) is 14.2 Å². The quantitative estimate of drug-likeness (QED) is 0.539. The summed E-state index contributed by atoms with van der Waals surface area (Å²) in [5, 5.41) is 10.1. The van der Waals surface area contributed by atoms with E-state index in [4.69, 9.17) is 11.6 Å². The van der Waals surface area contributed by atoms with Gasteiger partial charge >= 0.3 is 0 Å². The maximum Gasteiger partial charge on any atom is 0.265 e. The molecule has 1 N–H and O–H groups in total. The van der Waals surface area contributed by atoms with Gasteiger partial charge in [0.05, 0.1) is 32.9 Å². The van der Waals surface area contributed by atoms with Crippen molar-refractivity contribution >= 4 is 40.2 Å². The molecule has 4 aromatic rings. The highest BCUT2D eigenvalue weighted by molar-refractivity contribution is 6.33. The van der Waals surface area contributed by atoms with Crippen LogP contribution in [0.4, 0.5) is 5.69 Å². The lowest BCUT2D eigenvalue weighted by atomic mass is 10.1. The molecule has 2 heterocycles. The SMILES string of the molecule is Cc1c(C=Nc2ccccc2Cl)c(=O)n2c([nH]c3ccccc32)c1C#N. The number of nitrogens with one attached hydrogen (secondary N) is 1. The molecule has 0 radical (unpaired) electrons. The number of para-hydroxylation sites is 3. The van der Waals surface area contributed by atoms with Crippen molar-refractivity contribution < 1.29 is 0 Å². The summed E-state index contributed by atoms with van der Waals surface area (Å²) in [6.45, 7) is 1.75. The van der Waals surface area contributed by atoms with Gasteiger partial charge in [-0.2, -0.15) is 5.26 Å². The van der Waals surface area contributed by atoms with Crippen LogP contribution < -0.4 is 5.56 Å². The molecule has 6 heteroatoms. The minimum absolute atomic E-state index is 0.232. The molecule has 0 fully saturated rings. The molecular weight excluding hydrogens is 348 g/mol. The molecule has 26 heavy (non-hydrogen) atoms. The van der Waals surface area contributed by atoms with E-state index in [-0.39, 0.29) is 5.56 Å². The van der Waals surface area contributed by atoms with E-state index in [1.165, 1.54) is 10.6 Å². The van der Waals surface area contributed by atoms with Crippen LogP contribution in [0.3, 0.4) is 0 Å². The second kappa shape index (κ2) is 6.17. The lowest BCUT2D eigenvalue weighted by molar-refractivity contribution is 1.12. The first-order valence-corrected chi connectivity index (χ1v) is 8.34. The molecule has 126 valence electrons. The fraction of sp³-hybridized carbons (Fsp3) is 0.0500.